The van der Waals surface area contributed by atoms with Gasteiger partial charge in [0.1, 0.15) is 4.88 Å². The zero-order chi connectivity index (χ0) is 15.7. The van der Waals surface area contributed by atoms with Crippen LogP contribution in [0.2, 0.25) is 0 Å². The van der Waals surface area contributed by atoms with Crippen LogP contribution in [0.25, 0.3) is 0 Å². The third-order valence-electron chi connectivity index (χ3n) is 3.52. The Morgan fingerprint density at radius 1 is 1.27 bits per heavy atom. The number of rotatable bonds is 4. The van der Waals surface area contributed by atoms with Crippen molar-refractivity contribution in [2.45, 2.75) is 13.3 Å². The predicted molar refractivity (Wildman–Crippen MR) is 85.0 cm³/mol. The number of aryl methyl sites for hydroxylation is 1. The zero-order valence-electron chi connectivity index (χ0n) is 12.0. The molecule has 0 atom stereocenters. The Kier molecular flexibility index (Phi) is 3.81. The Balaban J connectivity index is 1.88. The lowest BCUT2D eigenvalue weighted by molar-refractivity contribution is 0.0700. The van der Waals surface area contributed by atoms with Gasteiger partial charge in [-0.3, -0.25) is 9.80 Å². The van der Waals surface area contributed by atoms with Crippen LogP contribution in [0.15, 0.2) is 30.3 Å². The molecule has 7 heteroatoms. The molecule has 2 amide bonds. The number of urea groups is 1. The summed E-state index contributed by atoms with van der Waals surface area (Å²) in [7, 11) is 0. The quantitative estimate of drug-likeness (QED) is 0.941. The summed E-state index contributed by atoms with van der Waals surface area (Å²) in [5, 5.41) is 9.66. The minimum absolute atomic E-state index is 0.167. The van der Waals surface area contributed by atoms with Crippen molar-refractivity contribution >= 4 is 34.2 Å². The standard InChI is InChI=1S/C15H15N3O3S/c1-2-11-12(13(19)20)22-14(16-11)18-9-8-17(15(18)21)10-6-4-3-5-7-10/h3-7H,2,8-9H2,1H3,(H,19,20). The molecule has 0 saturated carbocycles. The van der Waals surface area contributed by atoms with E-state index in [1.54, 1.807) is 9.80 Å². The maximum Gasteiger partial charge on any atom is 0.347 e. The molecule has 0 bridgehead atoms. The van der Waals surface area contributed by atoms with E-state index < -0.39 is 5.97 Å². The van der Waals surface area contributed by atoms with Crippen LogP contribution in [-0.4, -0.2) is 35.2 Å². The number of para-hydroxylation sites is 1. The summed E-state index contributed by atoms with van der Waals surface area (Å²) in [6, 6.07) is 9.25. The van der Waals surface area contributed by atoms with Crippen LogP contribution in [0.5, 0.6) is 0 Å². The fraction of sp³-hybridized carbons (Fsp3) is 0.267. The maximum atomic E-state index is 12.6. The van der Waals surface area contributed by atoms with E-state index >= 15 is 0 Å². The smallest absolute Gasteiger partial charge is 0.347 e. The van der Waals surface area contributed by atoms with Crippen molar-refractivity contribution in [1.82, 2.24) is 4.98 Å². The second-order valence-corrected chi connectivity index (χ2v) is 5.83. The van der Waals surface area contributed by atoms with Crippen molar-refractivity contribution in [2.24, 2.45) is 0 Å². The van der Waals surface area contributed by atoms with Crippen LogP contribution in [0, 0.1) is 0 Å². The average molecular weight is 317 g/mol. The number of carbonyl (C=O) groups excluding carboxylic acids is 1. The number of hydrogen-bond donors (Lipinski definition) is 1. The van der Waals surface area contributed by atoms with Gasteiger partial charge in [-0.05, 0) is 18.6 Å². The van der Waals surface area contributed by atoms with Crippen molar-refractivity contribution in [3.63, 3.8) is 0 Å². The number of carboxylic acids is 1. The third-order valence-corrected chi connectivity index (χ3v) is 4.63. The monoisotopic (exact) mass is 317 g/mol. The molecule has 114 valence electrons. The second-order valence-electron chi connectivity index (χ2n) is 4.85. The number of aromatic carboxylic acids is 1. The number of aromatic nitrogens is 1. The molecule has 1 N–H and O–H groups in total. The molecule has 1 saturated heterocycles. The zero-order valence-corrected chi connectivity index (χ0v) is 12.8. The van der Waals surface area contributed by atoms with Crippen molar-refractivity contribution in [2.75, 3.05) is 22.9 Å². The number of hydrogen-bond acceptors (Lipinski definition) is 4. The molecule has 1 aromatic carbocycles. The Morgan fingerprint density at radius 3 is 2.55 bits per heavy atom. The summed E-state index contributed by atoms with van der Waals surface area (Å²) in [6.07, 6.45) is 0.530. The Hall–Kier alpha value is -2.41. The van der Waals surface area contributed by atoms with Gasteiger partial charge in [-0.15, -0.1) is 0 Å². The van der Waals surface area contributed by atoms with Crippen molar-refractivity contribution in [1.29, 1.82) is 0 Å². The van der Waals surface area contributed by atoms with Crippen molar-refractivity contribution in [3.8, 4) is 0 Å². The molecule has 1 aliphatic heterocycles. The van der Waals surface area contributed by atoms with Gasteiger partial charge >= 0.3 is 12.0 Å². The number of amides is 2. The molecule has 0 aliphatic carbocycles. The highest BCUT2D eigenvalue weighted by atomic mass is 32.1. The van der Waals surface area contributed by atoms with Crippen LogP contribution < -0.4 is 9.80 Å². The maximum absolute atomic E-state index is 12.6. The van der Waals surface area contributed by atoms with E-state index in [0.717, 1.165) is 17.0 Å². The second kappa shape index (κ2) is 5.76. The number of carbonyl (C=O) groups is 2. The largest absolute Gasteiger partial charge is 0.477 e. The third kappa shape index (κ3) is 2.43. The van der Waals surface area contributed by atoms with E-state index in [0.29, 0.717) is 30.3 Å². The molecular weight excluding hydrogens is 302 g/mol. The number of thiazole rings is 1. The molecule has 2 aromatic rings. The fourth-order valence-electron chi connectivity index (χ4n) is 2.42. The number of carboxylic acid groups (broad SMARTS) is 1. The molecule has 6 nitrogen and oxygen atoms in total. The molecule has 1 fully saturated rings. The van der Waals surface area contributed by atoms with Crippen LogP contribution in [0.3, 0.4) is 0 Å². The molecule has 2 heterocycles. The fourth-order valence-corrected chi connectivity index (χ4v) is 3.44. The van der Waals surface area contributed by atoms with Gasteiger partial charge in [-0.1, -0.05) is 36.5 Å². The first-order valence-corrected chi connectivity index (χ1v) is 7.80. The lowest BCUT2D eigenvalue weighted by Gasteiger charge is -2.16. The van der Waals surface area contributed by atoms with Crippen molar-refractivity contribution in [3.05, 3.63) is 40.9 Å². The van der Waals surface area contributed by atoms with Crippen LogP contribution in [0.1, 0.15) is 22.3 Å². The van der Waals surface area contributed by atoms with Crippen LogP contribution in [0.4, 0.5) is 15.6 Å². The number of nitrogens with zero attached hydrogens (tertiary/aromatic N) is 3. The lowest BCUT2D eigenvalue weighted by atomic mass is 10.3. The molecule has 0 spiro atoms. The van der Waals surface area contributed by atoms with Crippen LogP contribution >= 0.6 is 11.3 Å². The van der Waals surface area contributed by atoms with Gasteiger partial charge < -0.3 is 5.11 Å². The first-order valence-electron chi connectivity index (χ1n) is 6.99. The van der Waals surface area contributed by atoms with E-state index in [9.17, 15) is 14.7 Å². The molecule has 0 radical (unpaired) electrons. The average Bonchev–Trinajstić information content (AvgIpc) is 3.11. The minimum Gasteiger partial charge on any atom is -0.477 e. The number of anilines is 2. The van der Waals surface area contributed by atoms with Gasteiger partial charge in [-0.2, -0.15) is 0 Å². The minimum atomic E-state index is -0.993. The molecular formula is C15H15N3O3S. The van der Waals surface area contributed by atoms with Crippen LogP contribution in [-0.2, 0) is 6.42 Å². The van der Waals surface area contributed by atoms with Gasteiger partial charge in [0.2, 0.25) is 0 Å². The van der Waals surface area contributed by atoms with Gasteiger partial charge in [0, 0.05) is 18.8 Å². The highest BCUT2D eigenvalue weighted by Crippen LogP contribution is 2.31. The van der Waals surface area contributed by atoms with E-state index in [-0.39, 0.29) is 10.9 Å². The van der Waals surface area contributed by atoms with Gasteiger partial charge in [0.05, 0.1) is 5.69 Å². The van der Waals surface area contributed by atoms with E-state index in [2.05, 4.69) is 4.98 Å². The van der Waals surface area contributed by atoms with E-state index in [4.69, 9.17) is 0 Å². The SMILES string of the molecule is CCc1nc(N2CCN(c3ccccc3)C2=O)sc1C(=O)O. The summed E-state index contributed by atoms with van der Waals surface area (Å²) < 4.78 is 0. The summed E-state index contributed by atoms with van der Waals surface area (Å²) in [5.74, 6) is -0.993. The van der Waals surface area contributed by atoms with Gasteiger partial charge in [0.25, 0.3) is 0 Å². The molecule has 0 unspecified atom stereocenters. The highest BCUT2D eigenvalue weighted by molar-refractivity contribution is 7.17. The first kappa shape index (κ1) is 14.5. The first-order chi connectivity index (χ1) is 10.6. The molecule has 1 aromatic heterocycles. The summed E-state index contributed by atoms with van der Waals surface area (Å²) >= 11 is 1.06. The normalized spacial score (nSPS) is 14.7. The van der Waals surface area contributed by atoms with Gasteiger partial charge in [-0.25, -0.2) is 14.6 Å². The van der Waals surface area contributed by atoms with E-state index in [1.807, 2.05) is 37.3 Å². The summed E-state index contributed by atoms with van der Waals surface area (Å²) in [6.45, 7) is 2.92. The molecule has 3 rings (SSSR count). The Morgan fingerprint density at radius 2 is 1.95 bits per heavy atom. The Labute approximate surface area is 131 Å². The summed E-state index contributed by atoms with van der Waals surface area (Å²) in [4.78, 5) is 31.5. The molecule has 22 heavy (non-hydrogen) atoms. The topological polar surface area (TPSA) is 73.7 Å². The Bertz CT molecular complexity index is 714. The predicted octanol–water partition coefficient (Wildman–Crippen LogP) is 2.85. The van der Waals surface area contributed by atoms with E-state index in [1.165, 1.54) is 0 Å². The summed E-state index contributed by atoms with van der Waals surface area (Å²) in [5.41, 5.74) is 1.36. The highest BCUT2D eigenvalue weighted by Gasteiger charge is 2.33. The lowest BCUT2D eigenvalue weighted by Crippen LogP contribution is -2.31. The number of benzene rings is 1. The van der Waals surface area contributed by atoms with Crippen molar-refractivity contribution < 1.29 is 14.7 Å². The van der Waals surface area contributed by atoms with Gasteiger partial charge in [0.15, 0.2) is 5.13 Å². The molecule has 1 aliphatic rings.